The second-order valence-corrected chi connectivity index (χ2v) is 4.94. The van der Waals surface area contributed by atoms with Gasteiger partial charge in [-0.15, -0.1) is 0 Å². The van der Waals surface area contributed by atoms with Crippen molar-refractivity contribution in [2.45, 2.75) is 32.1 Å². The lowest BCUT2D eigenvalue weighted by atomic mass is 10.0. The van der Waals surface area contributed by atoms with Crippen LogP contribution in [0.2, 0.25) is 0 Å². The van der Waals surface area contributed by atoms with Crippen LogP contribution in [0.1, 0.15) is 17.8 Å². The van der Waals surface area contributed by atoms with Gasteiger partial charge in [-0.2, -0.15) is 13.2 Å². The minimum atomic E-state index is -4.13. The zero-order chi connectivity index (χ0) is 13.6. The van der Waals surface area contributed by atoms with E-state index in [1.165, 1.54) is 4.90 Å². The van der Waals surface area contributed by atoms with Crippen LogP contribution in [0, 0.1) is 6.92 Å². The van der Waals surface area contributed by atoms with Gasteiger partial charge in [0.2, 0.25) is 0 Å². The predicted octanol–water partition coefficient (Wildman–Crippen LogP) is 2.78. The quantitative estimate of drug-likeness (QED) is 0.835. The molecule has 6 heteroatoms. The van der Waals surface area contributed by atoms with Gasteiger partial charge in [-0.3, -0.25) is 4.90 Å². The van der Waals surface area contributed by atoms with Gasteiger partial charge in [0.05, 0.1) is 5.69 Å². The normalized spacial score (nSPS) is 20.7. The van der Waals surface area contributed by atoms with Gasteiger partial charge in [0, 0.05) is 25.0 Å². The maximum Gasteiger partial charge on any atom is 0.404 e. The molecule has 1 atom stereocenters. The fourth-order valence-electron chi connectivity index (χ4n) is 2.48. The Hall–Kier alpha value is -1.56. The zero-order valence-electron chi connectivity index (χ0n) is 10.5. The minimum Gasteiger partial charge on any atom is -0.304 e. The first-order valence-electron chi connectivity index (χ1n) is 6.19. The van der Waals surface area contributed by atoms with E-state index in [2.05, 4.69) is 4.98 Å². The summed E-state index contributed by atoms with van der Waals surface area (Å²) in [6.45, 7) is 2.68. The molecule has 0 aromatic carbocycles. The third-order valence-corrected chi connectivity index (χ3v) is 3.62. The standard InChI is InChI=1S/C13H14F3N3/c1-9-3-2-4-12-17-10(8-19(9)12)7-18-6-5-11(18)13(14,15)16/h2-4,8,11H,5-7H2,1H3. The topological polar surface area (TPSA) is 20.5 Å². The van der Waals surface area contributed by atoms with Gasteiger partial charge < -0.3 is 4.40 Å². The summed E-state index contributed by atoms with van der Waals surface area (Å²) in [6, 6.07) is 4.39. The monoisotopic (exact) mass is 269 g/mol. The van der Waals surface area contributed by atoms with Crippen molar-refractivity contribution in [3.8, 4) is 0 Å². The summed E-state index contributed by atoms with van der Waals surface area (Å²) in [5, 5.41) is 0. The van der Waals surface area contributed by atoms with Crippen LogP contribution in [0.4, 0.5) is 13.2 Å². The van der Waals surface area contributed by atoms with Crippen LogP contribution in [-0.2, 0) is 6.54 Å². The number of pyridine rings is 1. The van der Waals surface area contributed by atoms with Crippen molar-refractivity contribution in [1.29, 1.82) is 0 Å². The summed E-state index contributed by atoms with van der Waals surface area (Å²) in [5.74, 6) is 0. The summed E-state index contributed by atoms with van der Waals surface area (Å²) in [6.07, 6.45) is -2.13. The van der Waals surface area contributed by atoms with Crippen molar-refractivity contribution in [2.75, 3.05) is 6.54 Å². The average molecular weight is 269 g/mol. The molecule has 2 aromatic rings. The summed E-state index contributed by atoms with van der Waals surface area (Å²) in [4.78, 5) is 5.79. The second kappa shape index (κ2) is 4.23. The molecule has 3 rings (SSSR count). The van der Waals surface area contributed by atoms with Gasteiger partial charge in [0.25, 0.3) is 0 Å². The Morgan fingerprint density at radius 1 is 1.37 bits per heavy atom. The minimum absolute atomic E-state index is 0.190. The Bertz CT molecular complexity index is 603. The predicted molar refractivity (Wildman–Crippen MR) is 64.8 cm³/mol. The molecular formula is C13H14F3N3. The van der Waals surface area contributed by atoms with Gasteiger partial charge >= 0.3 is 6.18 Å². The van der Waals surface area contributed by atoms with E-state index in [0.29, 0.717) is 12.2 Å². The molecule has 0 saturated carbocycles. The molecule has 102 valence electrons. The molecule has 19 heavy (non-hydrogen) atoms. The molecule has 3 nitrogen and oxygen atoms in total. The first-order chi connectivity index (χ1) is 8.95. The second-order valence-electron chi connectivity index (χ2n) is 4.94. The number of hydrogen-bond donors (Lipinski definition) is 0. The molecular weight excluding hydrogens is 255 g/mol. The molecule has 2 aromatic heterocycles. The highest BCUT2D eigenvalue weighted by molar-refractivity contribution is 5.41. The Kier molecular flexibility index (Phi) is 2.78. The van der Waals surface area contributed by atoms with E-state index >= 15 is 0 Å². The number of alkyl halides is 3. The molecule has 0 amide bonds. The average Bonchev–Trinajstić information content (AvgIpc) is 2.66. The lowest BCUT2D eigenvalue weighted by molar-refractivity contribution is -0.212. The SMILES string of the molecule is Cc1cccc2nc(CN3CCC3C(F)(F)F)cn12. The van der Waals surface area contributed by atoms with Gasteiger partial charge in [-0.1, -0.05) is 6.07 Å². The van der Waals surface area contributed by atoms with Crippen LogP contribution in [0.25, 0.3) is 5.65 Å². The van der Waals surface area contributed by atoms with Gasteiger partial charge in [-0.05, 0) is 25.5 Å². The van der Waals surface area contributed by atoms with Crippen LogP contribution in [0.15, 0.2) is 24.4 Å². The third-order valence-electron chi connectivity index (χ3n) is 3.62. The van der Waals surface area contributed by atoms with Crippen LogP contribution in [0.3, 0.4) is 0 Å². The van der Waals surface area contributed by atoms with Gasteiger partial charge in [-0.25, -0.2) is 4.98 Å². The van der Waals surface area contributed by atoms with E-state index in [1.54, 1.807) is 0 Å². The zero-order valence-corrected chi connectivity index (χ0v) is 10.5. The Labute approximate surface area is 108 Å². The van der Waals surface area contributed by atoms with Crippen LogP contribution in [-0.4, -0.2) is 33.0 Å². The smallest absolute Gasteiger partial charge is 0.304 e. The number of halogens is 3. The molecule has 0 N–H and O–H groups in total. The molecule has 1 aliphatic heterocycles. The lowest BCUT2D eigenvalue weighted by Gasteiger charge is -2.41. The van der Waals surface area contributed by atoms with E-state index < -0.39 is 12.2 Å². The molecule has 0 spiro atoms. The van der Waals surface area contributed by atoms with E-state index in [1.807, 2.05) is 35.7 Å². The van der Waals surface area contributed by atoms with Gasteiger partial charge in [0.15, 0.2) is 0 Å². The summed E-state index contributed by atoms with van der Waals surface area (Å²) < 4.78 is 39.9. The number of rotatable bonds is 2. The van der Waals surface area contributed by atoms with Crippen molar-refractivity contribution in [3.05, 3.63) is 35.8 Å². The molecule has 1 fully saturated rings. The first-order valence-corrected chi connectivity index (χ1v) is 6.19. The number of aryl methyl sites for hydroxylation is 1. The number of nitrogens with zero attached hydrogens (tertiary/aromatic N) is 3. The molecule has 0 radical (unpaired) electrons. The maximum atomic E-state index is 12.7. The molecule has 0 aliphatic carbocycles. The fraction of sp³-hybridized carbons (Fsp3) is 0.462. The van der Waals surface area contributed by atoms with Crippen LogP contribution >= 0.6 is 0 Å². The number of imidazole rings is 1. The van der Waals surface area contributed by atoms with Crippen molar-refractivity contribution in [2.24, 2.45) is 0 Å². The van der Waals surface area contributed by atoms with E-state index in [4.69, 9.17) is 0 Å². The van der Waals surface area contributed by atoms with Crippen molar-refractivity contribution in [1.82, 2.24) is 14.3 Å². The fourth-order valence-corrected chi connectivity index (χ4v) is 2.48. The summed E-state index contributed by atoms with van der Waals surface area (Å²) in [5.41, 5.74) is 2.48. The molecule has 1 aliphatic rings. The van der Waals surface area contributed by atoms with Crippen LogP contribution < -0.4 is 0 Å². The van der Waals surface area contributed by atoms with Crippen molar-refractivity contribution in [3.63, 3.8) is 0 Å². The Balaban J connectivity index is 1.81. The number of hydrogen-bond acceptors (Lipinski definition) is 2. The molecule has 1 saturated heterocycles. The molecule has 0 bridgehead atoms. The van der Waals surface area contributed by atoms with E-state index in [0.717, 1.165) is 11.3 Å². The lowest BCUT2D eigenvalue weighted by Crippen LogP contribution is -2.55. The summed E-state index contributed by atoms with van der Waals surface area (Å²) in [7, 11) is 0. The highest BCUT2D eigenvalue weighted by atomic mass is 19.4. The number of fused-ring (bicyclic) bond motifs is 1. The number of aromatic nitrogens is 2. The Morgan fingerprint density at radius 3 is 2.74 bits per heavy atom. The van der Waals surface area contributed by atoms with E-state index in [-0.39, 0.29) is 13.0 Å². The van der Waals surface area contributed by atoms with Crippen LogP contribution in [0.5, 0.6) is 0 Å². The number of likely N-dealkylation sites (tertiary alicyclic amines) is 1. The third kappa shape index (κ3) is 2.20. The largest absolute Gasteiger partial charge is 0.404 e. The highest BCUT2D eigenvalue weighted by Crippen LogP contribution is 2.34. The van der Waals surface area contributed by atoms with Crippen molar-refractivity contribution >= 4 is 5.65 Å². The summed E-state index contributed by atoms with van der Waals surface area (Å²) >= 11 is 0. The molecule has 3 heterocycles. The van der Waals surface area contributed by atoms with Gasteiger partial charge in [0.1, 0.15) is 11.7 Å². The Morgan fingerprint density at radius 2 is 2.16 bits per heavy atom. The molecule has 1 unspecified atom stereocenters. The highest BCUT2D eigenvalue weighted by Gasteiger charge is 2.48. The van der Waals surface area contributed by atoms with E-state index in [9.17, 15) is 13.2 Å². The van der Waals surface area contributed by atoms with Crippen molar-refractivity contribution < 1.29 is 13.2 Å². The maximum absolute atomic E-state index is 12.7. The first kappa shape index (κ1) is 12.5.